The van der Waals surface area contributed by atoms with E-state index in [1.807, 2.05) is 24.3 Å². The average Bonchev–Trinajstić information content (AvgIpc) is 3.74. The van der Waals surface area contributed by atoms with Crippen molar-refractivity contribution in [3.05, 3.63) is 82.4 Å². The number of anilines is 1. The molecule has 0 aromatic heterocycles. The summed E-state index contributed by atoms with van der Waals surface area (Å²) in [5, 5.41) is 12.7. The lowest BCUT2D eigenvalue weighted by molar-refractivity contribution is -0.138. The topological polar surface area (TPSA) is 92.7 Å². The van der Waals surface area contributed by atoms with Gasteiger partial charge in [-0.25, -0.2) is 8.42 Å². The highest BCUT2D eigenvalue weighted by atomic mass is 32.2. The first-order valence-corrected chi connectivity index (χ1v) is 15.7. The number of fused-ring (bicyclic) bond motifs is 3. The Morgan fingerprint density at radius 1 is 1.05 bits per heavy atom. The molecule has 0 heterocycles. The standard InChI is InChI=1S/C32H37NO5S/c1-3-39(36,37)15-5-14-38-27-16-21(2)31-25(18-27)7-4-6-23-9-8-22(17-29(23)31)20-33-26-12-10-24(11-13-26)28-19-30(28)32(34)35/h8-13,16-18,28,30,33H,3-7,14-15,19-20H2,1-2H3,(H,34,35)/t28-,30+/m1/s1. The number of hydrogen-bond donors (Lipinski definition) is 2. The highest BCUT2D eigenvalue weighted by Crippen LogP contribution is 2.47. The van der Waals surface area contributed by atoms with Gasteiger partial charge in [0.1, 0.15) is 15.6 Å². The molecule has 6 nitrogen and oxygen atoms in total. The third-order valence-electron chi connectivity index (χ3n) is 7.98. The lowest BCUT2D eigenvalue weighted by Gasteiger charge is -2.17. The van der Waals surface area contributed by atoms with Crippen LogP contribution in [-0.4, -0.2) is 37.6 Å². The number of sulfone groups is 1. The summed E-state index contributed by atoms with van der Waals surface area (Å²) in [6.07, 6.45) is 4.32. The molecule has 7 heteroatoms. The third kappa shape index (κ3) is 6.47. The van der Waals surface area contributed by atoms with Crippen molar-refractivity contribution in [1.82, 2.24) is 0 Å². The lowest BCUT2D eigenvalue weighted by atomic mass is 9.91. The van der Waals surface area contributed by atoms with Crippen LogP contribution in [-0.2, 0) is 34.0 Å². The fourth-order valence-corrected chi connectivity index (χ4v) is 6.49. The molecular weight excluding hydrogens is 510 g/mol. The Bertz CT molecular complexity index is 1460. The number of rotatable bonds is 11. The number of hydrogen-bond acceptors (Lipinski definition) is 5. The fourth-order valence-electron chi connectivity index (χ4n) is 5.65. The van der Waals surface area contributed by atoms with Crippen LogP contribution < -0.4 is 10.1 Å². The first-order chi connectivity index (χ1) is 18.7. The molecule has 0 spiro atoms. The van der Waals surface area contributed by atoms with Gasteiger partial charge in [0.15, 0.2) is 0 Å². The van der Waals surface area contributed by atoms with Gasteiger partial charge in [0.05, 0.1) is 18.3 Å². The second-order valence-electron chi connectivity index (χ2n) is 10.8. The minimum absolute atomic E-state index is 0.146. The van der Waals surface area contributed by atoms with Gasteiger partial charge in [-0.15, -0.1) is 0 Å². The monoisotopic (exact) mass is 547 g/mol. The predicted molar refractivity (Wildman–Crippen MR) is 155 cm³/mol. The Balaban J connectivity index is 1.27. The van der Waals surface area contributed by atoms with Gasteiger partial charge < -0.3 is 15.2 Å². The van der Waals surface area contributed by atoms with Crippen LogP contribution in [0.3, 0.4) is 0 Å². The summed E-state index contributed by atoms with van der Waals surface area (Å²) in [6.45, 7) is 4.90. The maximum atomic E-state index is 11.8. The molecule has 0 unspecified atom stereocenters. The Morgan fingerprint density at radius 3 is 2.54 bits per heavy atom. The molecule has 0 amide bonds. The largest absolute Gasteiger partial charge is 0.494 e. The molecule has 2 aliphatic rings. The number of aliphatic carboxylic acids is 1. The Labute approximate surface area is 231 Å². The molecule has 3 aromatic carbocycles. The van der Waals surface area contributed by atoms with Crippen molar-refractivity contribution in [2.75, 3.05) is 23.4 Å². The van der Waals surface area contributed by atoms with Gasteiger partial charge in [0, 0.05) is 18.0 Å². The minimum Gasteiger partial charge on any atom is -0.494 e. The van der Waals surface area contributed by atoms with E-state index < -0.39 is 15.8 Å². The summed E-state index contributed by atoms with van der Waals surface area (Å²) in [7, 11) is -2.97. The summed E-state index contributed by atoms with van der Waals surface area (Å²) in [6, 6.07) is 19.1. The SMILES string of the molecule is CCS(=O)(=O)CCCOc1cc(C)c2c(c1)CCCc1ccc(CNc3ccc([C@H]4C[C@@H]4C(=O)O)cc3)cc1-2. The second-order valence-corrected chi connectivity index (χ2v) is 13.3. The summed E-state index contributed by atoms with van der Waals surface area (Å²) < 4.78 is 29.5. The second kappa shape index (κ2) is 11.4. The van der Waals surface area contributed by atoms with Crippen molar-refractivity contribution < 1.29 is 23.1 Å². The molecule has 206 valence electrons. The van der Waals surface area contributed by atoms with Gasteiger partial charge in [-0.1, -0.05) is 31.2 Å². The number of aryl methyl sites for hydroxylation is 3. The molecule has 39 heavy (non-hydrogen) atoms. The molecule has 0 radical (unpaired) electrons. The smallest absolute Gasteiger partial charge is 0.307 e. The van der Waals surface area contributed by atoms with E-state index in [9.17, 15) is 18.3 Å². The highest BCUT2D eigenvalue weighted by Gasteiger charge is 2.44. The molecular formula is C32H37NO5S. The molecule has 0 saturated heterocycles. The molecule has 2 atom stereocenters. The first kappa shape index (κ1) is 27.3. The van der Waals surface area contributed by atoms with Crippen LogP contribution >= 0.6 is 0 Å². The van der Waals surface area contributed by atoms with Gasteiger partial charge in [-0.3, -0.25) is 4.79 Å². The van der Waals surface area contributed by atoms with E-state index in [0.29, 0.717) is 19.6 Å². The summed E-state index contributed by atoms with van der Waals surface area (Å²) in [5.41, 5.74) is 9.70. The molecule has 2 N–H and O–H groups in total. The van der Waals surface area contributed by atoms with E-state index in [2.05, 4.69) is 42.6 Å². The van der Waals surface area contributed by atoms with Crippen molar-refractivity contribution in [3.63, 3.8) is 0 Å². The minimum atomic E-state index is -2.97. The van der Waals surface area contributed by atoms with Crippen LogP contribution in [0.5, 0.6) is 5.75 Å². The van der Waals surface area contributed by atoms with Gasteiger partial charge in [-0.2, -0.15) is 0 Å². The van der Waals surface area contributed by atoms with Crippen molar-refractivity contribution in [2.24, 2.45) is 5.92 Å². The zero-order valence-corrected chi connectivity index (χ0v) is 23.5. The maximum absolute atomic E-state index is 11.8. The van der Waals surface area contributed by atoms with E-state index in [4.69, 9.17) is 4.74 Å². The lowest BCUT2D eigenvalue weighted by Crippen LogP contribution is -2.12. The fraction of sp³-hybridized carbons (Fsp3) is 0.406. The number of carboxylic acids is 1. The van der Waals surface area contributed by atoms with Gasteiger partial charge in [0.25, 0.3) is 0 Å². The number of carbonyl (C=O) groups is 1. The average molecular weight is 548 g/mol. The maximum Gasteiger partial charge on any atom is 0.307 e. The molecule has 5 rings (SSSR count). The number of ether oxygens (including phenoxy) is 1. The van der Waals surface area contributed by atoms with Gasteiger partial charge in [-0.05, 0) is 114 Å². The quantitative estimate of drug-likeness (QED) is 0.280. The zero-order chi connectivity index (χ0) is 27.6. The van der Waals surface area contributed by atoms with Crippen LogP contribution in [0, 0.1) is 12.8 Å². The van der Waals surface area contributed by atoms with Gasteiger partial charge in [0.2, 0.25) is 0 Å². The van der Waals surface area contributed by atoms with Crippen molar-refractivity contribution >= 4 is 21.5 Å². The predicted octanol–water partition coefficient (Wildman–Crippen LogP) is 6.15. The van der Waals surface area contributed by atoms with E-state index in [1.54, 1.807) is 6.92 Å². The van der Waals surface area contributed by atoms with Crippen LogP contribution in [0.15, 0.2) is 54.6 Å². The van der Waals surface area contributed by atoms with Crippen LogP contribution in [0.4, 0.5) is 5.69 Å². The third-order valence-corrected chi connectivity index (χ3v) is 9.77. The number of nitrogens with one attached hydrogen (secondary N) is 1. The Kier molecular flexibility index (Phi) is 7.98. The van der Waals surface area contributed by atoms with E-state index >= 15 is 0 Å². The van der Waals surface area contributed by atoms with Gasteiger partial charge >= 0.3 is 5.97 Å². The molecule has 3 aromatic rings. The summed E-state index contributed by atoms with van der Waals surface area (Å²) >= 11 is 0. The summed E-state index contributed by atoms with van der Waals surface area (Å²) in [5.74, 6) is 0.350. The van der Waals surface area contributed by atoms with Crippen LogP contribution in [0.1, 0.15) is 59.9 Å². The molecule has 1 fully saturated rings. The number of carboxylic acid groups (broad SMARTS) is 1. The number of benzene rings is 3. The van der Waals surface area contributed by atoms with Crippen LogP contribution in [0.2, 0.25) is 0 Å². The molecule has 0 bridgehead atoms. The van der Waals surface area contributed by atoms with Crippen LogP contribution in [0.25, 0.3) is 11.1 Å². The van der Waals surface area contributed by atoms with E-state index in [0.717, 1.165) is 42.7 Å². The normalized spacial score (nSPS) is 18.0. The Hall–Kier alpha value is -3.32. The first-order valence-electron chi connectivity index (χ1n) is 13.9. The van der Waals surface area contributed by atoms with E-state index in [-0.39, 0.29) is 23.3 Å². The van der Waals surface area contributed by atoms with Crippen molar-refractivity contribution in [2.45, 2.75) is 58.4 Å². The molecule has 1 saturated carbocycles. The zero-order valence-electron chi connectivity index (χ0n) is 22.7. The van der Waals surface area contributed by atoms with Crippen molar-refractivity contribution in [1.29, 1.82) is 0 Å². The molecule has 2 aliphatic carbocycles. The Morgan fingerprint density at radius 2 is 1.82 bits per heavy atom. The van der Waals surface area contributed by atoms with Crippen molar-refractivity contribution in [3.8, 4) is 16.9 Å². The van der Waals surface area contributed by atoms with E-state index in [1.165, 1.54) is 33.4 Å². The highest BCUT2D eigenvalue weighted by molar-refractivity contribution is 7.91. The summed E-state index contributed by atoms with van der Waals surface area (Å²) in [4.78, 5) is 11.2. The molecule has 0 aliphatic heterocycles.